The van der Waals surface area contributed by atoms with Crippen LogP contribution in [0.1, 0.15) is 25.7 Å². The van der Waals surface area contributed by atoms with Crippen molar-refractivity contribution in [2.24, 2.45) is 0 Å². The number of hydrogen-bond donors (Lipinski definition) is 2. The minimum absolute atomic E-state index is 0.493. The van der Waals surface area contributed by atoms with Gasteiger partial charge in [-0.1, -0.05) is 0 Å². The van der Waals surface area contributed by atoms with Crippen LogP contribution in [0.5, 0.6) is 5.88 Å². The van der Waals surface area contributed by atoms with E-state index in [0.717, 1.165) is 41.2 Å². The van der Waals surface area contributed by atoms with Gasteiger partial charge in [-0.2, -0.15) is 5.10 Å². The maximum Gasteiger partial charge on any atom is 0.225 e. The van der Waals surface area contributed by atoms with Gasteiger partial charge in [0, 0.05) is 60.5 Å². The molecule has 0 radical (unpaired) electrons. The van der Waals surface area contributed by atoms with E-state index in [1.807, 2.05) is 30.7 Å². The predicted octanol–water partition coefficient (Wildman–Crippen LogP) is 2.66. The fourth-order valence-corrected chi connectivity index (χ4v) is 4.52. The highest BCUT2D eigenvalue weighted by Crippen LogP contribution is 2.32. The molecule has 150 valence electrons. The average Bonchev–Trinajstić information content (AvgIpc) is 3.42. The third kappa shape index (κ3) is 3.44. The minimum atomic E-state index is 0.493. The standard InChI is InChI=1S/C21H25N7O/c1-28(17-7-15-3-4-16(8-17)26-15)21-22-9-14(10-23-21)19-6-5-18(20(27-19)29-2)13-11-24-25-12-13/h5-6,9-12,15-17,26H,3-4,7-8H2,1-2H3,(H,24,25). The molecule has 0 aliphatic carbocycles. The van der Waals surface area contributed by atoms with Gasteiger partial charge in [-0.05, 0) is 37.8 Å². The monoisotopic (exact) mass is 391 g/mol. The zero-order chi connectivity index (χ0) is 19.8. The largest absolute Gasteiger partial charge is 0.481 e. The summed E-state index contributed by atoms with van der Waals surface area (Å²) in [6, 6.07) is 5.72. The molecule has 2 aliphatic rings. The Labute approximate surface area is 169 Å². The summed E-state index contributed by atoms with van der Waals surface area (Å²) in [5, 5.41) is 10.5. The number of fused-ring (bicyclic) bond motifs is 2. The molecule has 2 atom stereocenters. The number of nitrogens with one attached hydrogen (secondary N) is 2. The Balaban J connectivity index is 1.36. The summed E-state index contributed by atoms with van der Waals surface area (Å²) in [6.07, 6.45) is 12.1. The predicted molar refractivity (Wildman–Crippen MR) is 111 cm³/mol. The molecule has 2 aliphatic heterocycles. The van der Waals surface area contributed by atoms with E-state index in [4.69, 9.17) is 4.74 Å². The third-order valence-corrected chi connectivity index (χ3v) is 6.11. The molecule has 29 heavy (non-hydrogen) atoms. The van der Waals surface area contributed by atoms with Crippen molar-refractivity contribution in [3.63, 3.8) is 0 Å². The Bertz CT molecular complexity index is 961. The van der Waals surface area contributed by atoms with Crippen LogP contribution in [0.2, 0.25) is 0 Å². The smallest absolute Gasteiger partial charge is 0.225 e. The van der Waals surface area contributed by atoms with Gasteiger partial charge in [0.1, 0.15) is 0 Å². The van der Waals surface area contributed by atoms with Gasteiger partial charge < -0.3 is 15.0 Å². The van der Waals surface area contributed by atoms with E-state index < -0.39 is 0 Å². The van der Waals surface area contributed by atoms with Crippen molar-refractivity contribution < 1.29 is 4.74 Å². The molecule has 0 amide bonds. The molecule has 2 bridgehead atoms. The third-order valence-electron chi connectivity index (χ3n) is 6.11. The SMILES string of the molecule is COc1nc(-c2cnc(N(C)C3CC4CCC(C3)N4)nc2)ccc1-c1cn[nH]c1. The highest BCUT2D eigenvalue weighted by atomic mass is 16.5. The average molecular weight is 391 g/mol. The molecule has 5 rings (SSSR count). The van der Waals surface area contributed by atoms with Gasteiger partial charge in [0.25, 0.3) is 0 Å². The maximum atomic E-state index is 5.49. The number of aromatic nitrogens is 5. The van der Waals surface area contributed by atoms with Crippen LogP contribution < -0.4 is 15.0 Å². The number of nitrogens with zero attached hydrogens (tertiary/aromatic N) is 5. The van der Waals surface area contributed by atoms with Crippen molar-refractivity contribution in [3.05, 3.63) is 36.9 Å². The number of methoxy groups -OCH3 is 1. The number of ether oxygens (including phenoxy) is 1. The van der Waals surface area contributed by atoms with Gasteiger partial charge >= 0.3 is 0 Å². The number of rotatable bonds is 5. The lowest BCUT2D eigenvalue weighted by molar-refractivity contribution is 0.352. The van der Waals surface area contributed by atoms with Crippen LogP contribution in [0.15, 0.2) is 36.9 Å². The fourth-order valence-electron chi connectivity index (χ4n) is 4.52. The second-order valence-corrected chi connectivity index (χ2v) is 7.89. The lowest BCUT2D eigenvalue weighted by Gasteiger charge is -2.35. The first-order chi connectivity index (χ1) is 14.2. The molecule has 8 heteroatoms. The first-order valence-corrected chi connectivity index (χ1v) is 10.1. The second-order valence-electron chi connectivity index (χ2n) is 7.89. The Morgan fingerprint density at radius 1 is 1.03 bits per heavy atom. The highest BCUT2D eigenvalue weighted by molar-refractivity contribution is 5.70. The van der Waals surface area contributed by atoms with Crippen LogP contribution in [0.4, 0.5) is 5.95 Å². The zero-order valence-corrected chi connectivity index (χ0v) is 16.7. The Morgan fingerprint density at radius 2 is 1.79 bits per heavy atom. The van der Waals surface area contributed by atoms with Crippen LogP contribution >= 0.6 is 0 Å². The summed E-state index contributed by atoms with van der Waals surface area (Å²) < 4.78 is 5.49. The van der Waals surface area contributed by atoms with Crippen molar-refractivity contribution in [1.29, 1.82) is 0 Å². The second kappa shape index (κ2) is 7.44. The molecule has 2 unspecified atom stereocenters. The van der Waals surface area contributed by atoms with Gasteiger partial charge in [-0.15, -0.1) is 0 Å². The van der Waals surface area contributed by atoms with Crippen LogP contribution in [-0.4, -0.2) is 57.4 Å². The Morgan fingerprint density at radius 3 is 2.45 bits per heavy atom. The minimum Gasteiger partial charge on any atom is -0.481 e. The summed E-state index contributed by atoms with van der Waals surface area (Å²) in [4.78, 5) is 16.1. The summed E-state index contributed by atoms with van der Waals surface area (Å²) >= 11 is 0. The van der Waals surface area contributed by atoms with E-state index in [9.17, 15) is 0 Å². The topological polar surface area (TPSA) is 91.8 Å². The van der Waals surface area contributed by atoms with Gasteiger partial charge in [0.15, 0.2) is 0 Å². The van der Waals surface area contributed by atoms with Gasteiger partial charge in [0.2, 0.25) is 11.8 Å². The van der Waals surface area contributed by atoms with Crippen molar-refractivity contribution in [2.45, 2.75) is 43.8 Å². The van der Waals surface area contributed by atoms with Crippen LogP contribution in [0, 0.1) is 0 Å². The van der Waals surface area contributed by atoms with Crippen molar-refractivity contribution in [2.75, 3.05) is 19.1 Å². The quantitative estimate of drug-likeness (QED) is 0.691. The normalized spacial score (nSPS) is 23.2. The van der Waals surface area contributed by atoms with Crippen LogP contribution in [-0.2, 0) is 0 Å². The van der Waals surface area contributed by atoms with Gasteiger partial charge in [0.05, 0.1) is 19.0 Å². The van der Waals surface area contributed by atoms with Gasteiger partial charge in [-0.25, -0.2) is 15.0 Å². The highest BCUT2D eigenvalue weighted by Gasteiger charge is 2.35. The lowest BCUT2D eigenvalue weighted by atomic mass is 9.99. The first kappa shape index (κ1) is 18.1. The van der Waals surface area contributed by atoms with E-state index >= 15 is 0 Å². The number of pyridine rings is 1. The molecule has 2 fully saturated rings. The van der Waals surface area contributed by atoms with E-state index in [1.54, 1.807) is 13.3 Å². The summed E-state index contributed by atoms with van der Waals surface area (Å²) in [7, 11) is 3.72. The number of hydrogen-bond acceptors (Lipinski definition) is 7. The number of anilines is 1. The Kier molecular flexibility index (Phi) is 4.63. The van der Waals surface area contributed by atoms with Crippen LogP contribution in [0.25, 0.3) is 22.4 Å². The molecule has 0 spiro atoms. The van der Waals surface area contributed by atoms with Crippen LogP contribution in [0.3, 0.4) is 0 Å². The summed E-state index contributed by atoms with van der Waals surface area (Å²) in [5.74, 6) is 1.32. The molecule has 3 aromatic heterocycles. The molecule has 2 N–H and O–H groups in total. The molecular formula is C21H25N7O. The number of aromatic amines is 1. The molecular weight excluding hydrogens is 366 g/mol. The number of H-pyrrole nitrogens is 1. The fraction of sp³-hybridized carbons (Fsp3) is 0.429. The van der Waals surface area contributed by atoms with E-state index in [-0.39, 0.29) is 0 Å². The van der Waals surface area contributed by atoms with Gasteiger partial charge in [-0.3, -0.25) is 5.10 Å². The van der Waals surface area contributed by atoms with E-state index in [2.05, 4.69) is 42.4 Å². The molecule has 8 nitrogen and oxygen atoms in total. The molecule has 0 saturated carbocycles. The number of piperidine rings is 1. The van der Waals surface area contributed by atoms with Crippen molar-refractivity contribution >= 4 is 5.95 Å². The molecule has 5 heterocycles. The van der Waals surface area contributed by atoms with Crippen molar-refractivity contribution in [1.82, 2.24) is 30.5 Å². The Hall–Kier alpha value is -3.00. The van der Waals surface area contributed by atoms with E-state index in [1.165, 1.54) is 12.8 Å². The van der Waals surface area contributed by atoms with E-state index in [0.29, 0.717) is 24.0 Å². The molecule has 3 aromatic rings. The van der Waals surface area contributed by atoms with Crippen molar-refractivity contribution in [3.8, 4) is 28.3 Å². The molecule has 0 aromatic carbocycles. The summed E-state index contributed by atoms with van der Waals surface area (Å²) in [5.41, 5.74) is 3.47. The summed E-state index contributed by atoms with van der Waals surface area (Å²) in [6.45, 7) is 0. The first-order valence-electron chi connectivity index (χ1n) is 10.1. The maximum absolute atomic E-state index is 5.49. The zero-order valence-electron chi connectivity index (χ0n) is 16.7. The molecule has 2 saturated heterocycles. The lowest BCUT2D eigenvalue weighted by Crippen LogP contribution is -2.47.